The van der Waals surface area contributed by atoms with Crippen LogP contribution in [0.25, 0.3) is 5.57 Å². The second-order valence-corrected chi connectivity index (χ2v) is 7.86. The molecule has 3 aromatic carbocycles. The van der Waals surface area contributed by atoms with Gasteiger partial charge >= 0.3 is 0 Å². The van der Waals surface area contributed by atoms with E-state index in [0.29, 0.717) is 34.2 Å². The van der Waals surface area contributed by atoms with E-state index in [0.717, 1.165) is 11.1 Å². The van der Waals surface area contributed by atoms with Crippen molar-refractivity contribution in [3.05, 3.63) is 83.1 Å². The van der Waals surface area contributed by atoms with Crippen LogP contribution in [0.1, 0.15) is 16.7 Å². The first kappa shape index (κ1) is 22.9. The van der Waals surface area contributed by atoms with Crippen molar-refractivity contribution < 1.29 is 23.8 Å². The highest BCUT2D eigenvalue weighted by Crippen LogP contribution is 2.38. The van der Waals surface area contributed by atoms with E-state index in [4.69, 9.17) is 14.2 Å². The maximum absolute atomic E-state index is 13.7. The van der Waals surface area contributed by atoms with Gasteiger partial charge in [0.25, 0.3) is 11.8 Å². The molecule has 3 aromatic rings. The maximum atomic E-state index is 13.7. The molecule has 0 unspecified atom stereocenters. The zero-order chi connectivity index (χ0) is 24.4. The van der Waals surface area contributed by atoms with Crippen molar-refractivity contribution in [1.29, 1.82) is 0 Å². The number of rotatable bonds is 7. The smallest absolute Gasteiger partial charge is 0.282 e. The van der Waals surface area contributed by atoms with Gasteiger partial charge in [-0.05, 0) is 55.3 Å². The third-order valence-corrected chi connectivity index (χ3v) is 5.86. The summed E-state index contributed by atoms with van der Waals surface area (Å²) in [5.41, 5.74) is 4.05. The van der Waals surface area contributed by atoms with E-state index in [1.165, 1.54) is 19.1 Å². The van der Waals surface area contributed by atoms with E-state index in [2.05, 4.69) is 5.32 Å². The number of benzene rings is 3. The fraction of sp³-hybridized carbons (Fsp3) is 0.185. The monoisotopic (exact) mass is 458 g/mol. The number of carbonyl (C=O) groups is 2. The molecule has 4 rings (SSSR count). The average molecular weight is 459 g/mol. The van der Waals surface area contributed by atoms with Crippen LogP contribution in [-0.2, 0) is 9.59 Å². The first-order valence-corrected chi connectivity index (χ1v) is 10.7. The molecule has 34 heavy (non-hydrogen) atoms. The van der Waals surface area contributed by atoms with Gasteiger partial charge in [0.2, 0.25) is 0 Å². The Morgan fingerprint density at radius 2 is 1.41 bits per heavy atom. The highest BCUT2D eigenvalue weighted by atomic mass is 16.5. The zero-order valence-corrected chi connectivity index (χ0v) is 19.8. The topological polar surface area (TPSA) is 77.1 Å². The summed E-state index contributed by atoms with van der Waals surface area (Å²) >= 11 is 0. The van der Waals surface area contributed by atoms with E-state index < -0.39 is 11.8 Å². The second kappa shape index (κ2) is 9.31. The summed E-state index contributed by atoms with van der Waals surface area (Å²) in [5.74, 6) is 0.657. The number of carbonyl (C=O) groups excluding carboxylic acids is 2. The first-order valence-electron chi connectivity index (χ1n) is 10.7. The van der Waals surface area contributed by atoms with Gasteiger partial charge in [-0.1, -0.05) is 24.3 Å². The number of hydrogen-bond donors (Lipinski definition) is 1. The molecule has 174 valence electrons. The molecule has 0 bridgehead atoms. The fourth-order valence-corrected chi connectivity index (χ4v) is 3.90. The Bertz CT molecular complexity index is 1310. The van der Waals surface area contributed by atoms with Crippen LogP contribution in [0.3, 0.4) is 0 Å². The Labute approximate surface area is 198 Å². The van der Waals surface area contributed by atoms with Crippen LogP contribution in [0.4, 0.5) is 11.4 Å². The van der Waals surface area contributed by atoms with E-state index in [1.807, 2.05) is 32.0 Å². The molecule has 0 aliphatic carbocycles. The standard InChI is InChI=1S/C27H26N2O5/c1-16-10-12-19(14-17(16)2)29-26(30)24(20-8-6-7-9-21(20)32-3)25(27(29)31)28-18-11-13-22(33-4)23(15-18)34-5/h6-15,28H,1-5H3. The number of nitrogens with zero attached hydrogens (tertiary/aromatic N) is 1. The molecule has 7 nitrogen and oxygen atoms in total. The van der Waals surface area contributed by atoms with Crippen LogP contribution < -0.4 is 24.4 Å². The summed E-state index contributed by atoms with van der Waals surface area (Å²) in [5, 5.41) is 3.15. The molecule has 0 atom stereocenters. The van der Waals surface area contributed by atoms with Crippen molar-refractivity contribution in [2.75, 3.05) is 31.5 Å². The number of methoxy groups -OCH3 is 3. The molecule has 1 N–H and O–H groups in total. The average Bonchev–Trinajstić information content (AvgIpc) is 3.09. The van der Waals surface area contributed by atoms with Gasteiger partial charge in [0, 0.05) is 17.3 Å². The normalized spacial score (nSPS) is 13.4. The third kappa shape index (κ3) is 3.96. The van der Waals surface area contributed by atoms with Crippen molar-refractivity contribution in [2.24, 2.45) is 0 Å². The van der Waals surface area contributed by atoms with Gasteiger partial charge in [-0.15, -0.1) is 0 Å². The Kier molecular flexibility index (Phi) is 6.27. The molecule has 0 spiro atoms. The minimum absolute atomic E-state index is 0.153. The lowest BCUT2D eigenvalue weighted by atomic mass is 10.0. The van der Waals surface area contributed by atoms with Gasteiger partial charge in [0.15, 0.2) is 11.5 Å². The molecule has 0 fully saturated rings. The molecule has 7 heteroatoms. The van der Waals surface area contributed by atoms with Gasteiger partial charge in [-0.25, -0.2) is 4.90 Å². The quantitative estimate of drug-likeness (QED) is 0.516. The molecular formula is C27H26N2O5. The first-order chi connectivity index (χ1) is 16.4. The molecule has 0 aromatic heterocycles. The van der Waals surface area contributed by atoms with Crippen LogP contribution in [0.15, 0.2) is 66.4 Å². The van der Waals surface area contributed by atoms with Crippen LogP contribution in [0.2, 0.25) is 0 Å². The molecule has 1 heterocycles. The van der Waals surface area contributed by atoms with Crippen LogP contribution in [0, 0.1) is 13.8 Å². The lowest BCUT2D eigenvalue weighted by molar-refractivity contribution is -0.120. The number of para-hydroxylation sites is 1. The number of ether oxygens (including phenoxy) is 3. The van der Waals surface area contributed by atoms with E-state index in [1.54, 1.807) is 49.6 Å². The molecule has 2 amide bonds. The molecule has 0 saturated heterocycles. The maximum Gasteiger partial charge on any atom is 0.282 e. The second-order valence-electron chi connectivity index (χ2n) is 7.86. The van der Waals surface area contributed by atoms with E-state index in [-0.39, 0.29) is 11.3 Å². The number of anilines is 2. The zero-order valence-electron chi connectivity index (χ0n) is 19.8. The van der Waals surface area contributed by atoms with Gasteiger partial charge < -0.3 is 19.5 Å². The van der Waals surface area contributed by atoms with Crippen molar-refractivity contribution in [3.8, 4) is 17.2 Å². The number of nitrogens with one attached hydrogen (secondary N) is 1. The summed E-state index contributed by atoms with van der Waals surface area (Å²) in [6, 6.07) is 17.8. The van der Waals surface area contributed by atoms with Crippen molar-refractivity contribution in [1.82, 2.24) is 0 Å². The van der Waals surface area contributed by atoms with E-state index in [9.17, 15) is 9.59 Å². The number of hydrogen-bond acceptors (Lipinski definition) is 6. The Morgan fingerprint density at radius 3 is 2.09 bits per heavy atom. The Hall–Kier alpha value is -4.26. The van der Waals surface area contributed by atoms with Gasteiger partial charge in [-0.2, -0.15) is 0 Å². The number of imide groups is 1. The predicted octanol–water partition coefficient (Wildman–Crippen LogP) is 4.73. The largest absolute Gasteiger partial charge is 0.496 e. The van der Waals surface area contributed by atoms with Crippen LogP contribution >= 0.6 is 0 Å². The molecular weight excluding hydrogens is 432 g/mol. The fourth-order valence-electron chi connectivity index (χ4n) is 3.90. The molecule has 0 saturated carbocycles. The lowest BCUT2D eigenvalue weighted by Crippen LogP contribution is -2.32. The van der Waals surface area contributed by atoms with Crippen LogP contribution in [-0.4, -0.2) is 33.1 Å². The molecule has 0 radical (unpaired) electrons. The highest BCUT2D eigenvalue weighted by Gasteiger charge is 2.41. The van der Waals surface area contributed by atoms with Crippen molar-refractivity contribution in [3.63, 3.8) is 0 Å². The Morgan fingerprint density at radius 1 is 0.706 bits per heavy atom. The predicted molar refractivity (Wildman–Crippen MR) is 131 cm³/mol. The van der Waals surface area contributed by atoms with Gasteiger partial charge in [0.1, 0.15) is 11.4 Å². The van der Waals surface area contributed by atoms with Crippen molar-refractivity contribution >= 4 is 28.8 Å². The minimum atomic E-state index is -0.455. The summed E-state index contributed by atoms with van der Waals surface area (Å²) in [4.78, 5) is 28.6. The summed E-state index contributed by atoms with van der Waals surface area (Å²) in [6.45, 7) is 3.93. The summed E-state index contributed by atoms with van der Waals surface area (Å²) < 4.78 is 16.2. The molecule has 1 aliphatic heterocycles. The van der Waals surface area contributed by atoms with Gasteiger partial charge in [0.05, 0.1) is 32.6 Å². The molecule has 1 aliphatic rings. The SMILES string of the molecule is COc1ccc(NC2=C(c3ccccc3OC)C(=O)N(c3ccc(C)c(C)c3)C2=O)cc1OC. The van der Waals surface area contributed by atoms with Crippen molar-refractivity contribution in [2.45, 2.75) is 13.8 Å². The lowest BCUT2D eigenvalue weighted by Gasteiger charge is -2.17. The third-order valence-electron chi connectivity index (χ3n) is 5.86. The highest BCUT2D eigenvalue weighted by molar-refractivity contribution is 6.46. The summed E-state index contributed by atoms with van der Waals surface area (Å²) in [7, 11) is 4.62. The Balaban J connectivity index is 1.86. The minimum Gasteiger partial charge on any atom is -0.496 e. The summed E-state index contributed by atoms with van der Waals surface area (Å²) in [6.07, 6.45) is 0. The number of aryl methyl sites for hydroxylation is 2. The van der Waals surface area contributed by atoms with E-state index >= 15 is 0 Å². The van der Waals surface area contributed by atoms with Crippen LogP contribution in [0.5, 0.6) is 17.2 Å². The number of amides is 2. The van der Waals surface area contributed by atoms with Gasteiger partial charge in [-0.3, -0.25) is 9.59 Å².